The second-order valence-electron chi connectivity index (χ2n) is 2.64. The minimum absolute atomic E-state index is 0.0110. The van der Waals surface area contributed by atoms with Crippen LogP contribution in [0.3, 0.4) is 0 Å². The second-order valence-corrected chi connectivity index (χ2v) is 3.55. The highest BCUT2D eigenvalue weighted by molar-refractivity contribution is 9.10. The van der Waals surface area contributed by atoms with Crippen LogP contribution in [0.25, 0.3) is 0 Å². The Bertz CT molecular complexity index is 365. The van der Waals surface area contributed by atoms with Crippen molar-refractivity contribution in [3.8, 4) is 0 Å². The number of pyridine rings is 1. The Morgan fingerprint density at radius 1 is 1.77 bits per heavy atom. The summed E-state index contributed by atoms with van der Waals surface area (Å²) in [6, 6.07) is 1.43. The Morgan fingerprint density at radius 3 is 3.00 bits per heavy atom. The highest BCUT2D eigenvalue weighted by Crippen LogP contribution is 2.35. The Morgan fingerprint density at radius 2 is 2.46 bits per heavy atom. The predicted octanol–water partition coefficient (Wildman–Crippen LogP) is 1.82. The largest absolute Gasteiger partial charge is 0.366 e. The second kappa shape index (κ2) is 3.04. The molecule has 5 nitrogen and oxygen atoms in total. The van der Waals surface area contributed by atoms with Gasteiger partial charge < -0.3 is 4.74 Å². The Labute approximate surface area is 82.0 Å². The first-order valence-corrected chi connectivity index (χ1v) is 4.39. The van der Waals surface area contributed by atoms with Crippen molar-refractivity contribution in [3.05, 3.63) is 32.5 Å². The molecule has 0 bridgehead atoms. The molecule has 0 aliphatic carbocycles. The van der Waals surface area contributed by atoms with Gasteiger partial charge in [0.25, 0.3) is 5.69 Å². The fourth-order valence-electron chi connectivity index (χ4n) is 1.04. The van der Waals surface area contributed by atoms with Crippen molar-refractivity contribution in [1.82, 2.24) is 4.98 Å². The Hall–Kier alpha value is -1.01. The standard InChI is InChI=1S/C7H5BrN2O3/c8-4-1-5(10(11)12)7(9-2-4)6-3-13-6/h1-2,6H,3H2/t6-/m1/s1. The molecule has 13 heavy (non-hydrogen) atoms. The van der Waals surface area contributed by atoms with Gasteiger partial charge in [0, 0.05) is 16.7 Å². The van der Waals surface area contributed by atoms with Crippen molar-refractivity contribution in [3.63, 3.8) is 0 Å². The molecule has 1 fully saturated rings. The molecule has 0 amide bonds. The molecule has 0 saturated carbocycles. The van der Waals surface area contributed by atoms with E-state index in [1.54, 1.807) is 0 Å². The monoisotopic (exact) mass is 244 g/mol. The molecule has 1 aliphatic rings. The summed E-state index contributed by atoms with van der Waals surface area (Å²) >= 11 is 3.13. The summed E-state index contributed by atoms with van der Waals surface area (Å²) in [5.74, 6) is 0. The number of halogens is 1. The number of nitro groups is 1. The lowest BCUT2D eigenvalue weighted by Gasteiger charge is -1.97. The number of hydrogen-bond donors (Lipinski definition) is 0. The predicted molar refractivity (Wildman–Crippen MR) is 47.3 cm³/mol. The zero-order valence-corrected chi connectivity index (χ0v) is 8.02. The van der Waals surface area contributed by atoms with E-state index in [0.717, 1.165) is 0 Å². The third kappa shape index (κ3) is 1.68. The summed E-state index contributed by atoms with van der Waals surface area (Å²) in [4.78, 5) is 14.1. The van der Waals surface area contributed by atoms with Crippen LogP contribution in [0.1, 0.15) is 11.8 Å². The van der Waals surface area contributed by atoms with Crippen LogP contribution in [-0.4, -0.2) is 16.5 Å². The molecule has 68 valence electrons. The first-order valence-electron chi connectivity index (χ1n) is 3.60. The minimum atomic E-state index is -0.450. The van der Waals surface area contributed by atoms with E-state index in [2.05, 4.69) is 20.9 Å². The van der Waals surface area contributed by atoms with Crippen LogP contribution < -0.4 is 0 Å². The van der Waals surface area contributed by atoms with E-state index in [1.807, 2.05) is 0 Å². The third-order valence-electron chi connectivity index (χ3n) is 1.70. The molecule has 1 aromatic rings. The minimum Gasteiger partial charge on any atom is -0.366 e. The van der Waals surface area contributed by atoms with Gasteiger partial charge in [0.2, 0.25) is 0 Å². The van der Waals surface area contributed by atoms with Crippen LogP contribution >= 0.6 is 15.9 Å². The van der Waals surface area contributed by atoms with Crippen molar-refractivity contribution in [2.75, 3.05) is 6.61 Å². The van der Waals surface area contributed by atoms with Gasteiger partial charge in [-0.25, -0.2) is 0 Å². The summed E-state index contributed by atoms with van der Waals surface area (Å²) in [7, 11) is 0. The van der Waals surface area contributed by atoms with Gasteiger partial charge in [-0.3, -0.25) is 15.1 Å². The average molecular weight is 245 g/mol. The molecule has 0 aromatic carbocycles. The highest BCUT2D eigenvalue weighted by atomic mass is 79.9. The average Bonchev–Trinajstić information content (AvgIpc) is 2.87. The number of nitrogens with zero attached hydrogens (tertiary/aromatic N) is 2. The number of epoxide rings is 1. The fraction of sp³-hybridized carbons (Fsp3) is 0.286. The zero-order valence-electron chi connectivity index (χ0n) is 6.44. The molecule has 1 aliphatic heterocycles. The van der Waals surface area contributed by atoms with E-state index in [0.29, 0.717) is 16.8 Å². The van der Waals surface area contributed by atoms with Gasteiger partial charge >= 0.3 is 0 Å². The Balaban J connectivity index is 2.47. The summed E-state index contributed by atoms with van der Waals surface area (Å²) in [6.45, 7) is 0.523. The molecule has 2 rings (SSSR count). The molecular weight excluding hydrogens is 240 g/mol. The molecule has 1 atom stereocenters. The summed E-state index contributed by atoms with van der Waals surface area (Å²) in [5.41, 5.74) is 0.421. The number of rotatable bonds is 2. The van der Waals surface area contributed by atoms with Crippen LogP contribution in [0.4, 0.5) is 5.69 Å². The lowest BCUT2D eigenvalue weighted by molar-refractivity contribution is -0.386. The summed E-state index contributed by atoms with van der Waals surface area (Å²) in [6.07, 6.45) is 1.35. The van der Waals surface area contributed by atoms with Crippen LogP contribution in [0.5, 0.6) is 0 Å². The molecule has 0 radical (unpaired) electrons. The van der Waals surface area contributed by atoms with Crippen molar-refractivity contribution in [1.29, 1.82) is 0 Å². The molecule has 1 aromatic heterocycles. The van der Waals surface area contributed by atoms with Crippen LogP contribution in [-0.2, 0) is 4.74 Å². The number of aromatic nitrogens is 1. The molecule has 0 N–H and O–H groups in total. The lowest BCUT2D eigenvalue weighted by atomic mass is 10.2. The van der Waals surface area contributed by atoms with E-state index >= 15 is 0 Å². The van der Waals surface area contributed by atoms with Crippen molar-refractivity contribution in [2.24, 2.45) is 0 Å². The van der Waals surface area contributed by atoms with Gasteiger partial charge in [-0.1, -0.05) is 0 Å². The lowest BCUT2D eigenvalue weighted by Crippen LogP contribution is -1.97. The van der Waals surface area contributed by atoms with Gasteiger partial charge in [-0.05, 0) is 15.9 Å². The van der Waals surface area contributed by atoms with Crippen LogP contribution in [0, 0.1) is 10.1 Å². The fourth-order valence-corrected chi connectivity index (χ4v) is 1.36. The van der Waals surface area contributed by atoms with Crippen molar-refractivity contribution < 1.29 is 9.66 Å². The van der Waals surface area contributed by atoms with E-state index < -0.39 is 4.92 Å². The number of ether oxygens (including phenoxy) is 1. The van der Waals surface area contributed by atoms with E-state index in [-0.39, 0.29) is 11.8 Å². The van der Waals surface area contributed by atoms with Crippen LogP contribution in [0.15, 0.2) is 16.7 Å². The third-order valence-corrected chi connectivity index (χ3v) is 2.13. The van der Waals surface area contributed by atoms with Gasteiger partial charge in [0.05, 0.1) is 11.5 Å². The maximum atomic E-state index is 10.6. The van der Waals surface area contributed by atoms with E-state index in [9.17, 15) is 10.1 Å². The van der Waals surface area contributed by atoms with Gasteiger partial charge in [-0.2, -0.15) is 0 Å². The smallest absolute Gasteiger partial charge is 0.294 e. The van der Waals surface area contributed by atoms with Crippen molar-refractivity contribution in [2.45, 2.75) is 6.10 Å². The van der Waals surface area contributed by atoms with Crippen molar-refractivity contribution >= 4 is 21.6 Å². The maximum absolute atomic E-state index is 10.6. The first kappa shape index (κ1) is 8.58. The maximum Gasteiger partial charge on any atom is 0.294 e. The Kier molecular flexibility index (Phi) is 2.01. The first-order chi connectivity index (χ1) is 6.18. The topological polar surface area (TPSA) is 68.6 Å². The molecule has 0 spiro atoms. The molecule has 6 heteroatoms. The molecule has 1 saturated heterocycles. The molecule has 2 heterocycles. The summed E-state index contributed by atoms with van der Waals surface area (Å²) < 4.78 is 5.54. The highest BCUT2D eigenvalue weighted by Gasteiger charge is 2.33. The number of hydrogen-bond acceptors (Lipinski definition) is 4. The van der Waals surface area contributed by atoms with Crippen LogP contribution in [0.2, 0.25) is 0 Å². The van der Waals surface area contributed by atoms with Gasteiger partial charge in [0.15, 0.2) is 0 Å². The zero-order chi connectivity index (χ0) is 9.42. The summed E-state index contributed by atoms with van der Waals surface area (Å²) in [5, 5.41) is 10.6. The molecule has 0 unspecified atom stereocenters. The van der Waals surface area contributed by atoms with Gasteiger partial charge in [-0.15, -0.1) is 0 Å². The SMILES string of the molecule is O=[N+]([O-])c1cc(Br)cnc1[C@H]1CO1. The van der Waals surface area contributed by atoms with Gasteiger partial charge in [0.1, 0.15) is 11.8 Å². The van der Waals surface area contributed by atoms with E-state index in [1.165, 1.54) is 12.3 Å². The molecular formula is C7H5BrN2O3. The van der Waals surface area contributed by atoms with E-state index in [4.69, 9.17) is 4.74 Å². The normalized spacial score (nSPS) is 19.9. The quantitative estimate of drug-likeness (QED) is 0.452.